The van der Waals surface area contributed by atoms with Gasteiger partial charge in [-0.15, -0.1) is 0 Å². The Morgan fingerprint density at radius 2 is 2.19 bits per heavy atom. The molecule has 0 aromatic heterocycles. The summed E-state index contributed by atoms with van der Waals surface area (Å²) in [5, 5.41) is 0. The number of methoxy groups -OCH3 is 1. The minimum atomic E-state index is -0.0567. The zero-order valence-corrected chi connectivity index (χ0v) is 10.0. The molecule has 0 aliphatic carbocycles. The summed E-state index contributed by atoms with van der Waals surface area (Å²) in [4.78, 5) is 11.7. The number of ketones is 1. The van der Waals surface area contributed by atoms with Gasteiger partial charge in [0.05, 0.1) is 12.7 Å². The number of carbonyl (C=O) groups excluding carboxylic acids is 1. The van der Waals surface area contributed by atoms with Crippen molar-refractivity contribution in [3.05, 3.63) is 35.4 Å². The van der Waals surface area contributed by atoms with Crippen molar-refractivity contribution in [2.45, 2.75) is 20.0 Å². The van der Waals surface area contributed by atoms with E-state index in [9.17, 15) is 4.79 Å². The minimum absolute atomic E-state index is 0.00616. The molecule has 1 aromatic carbocycles. The Kier molecular flexibility index (Phi) is 5.15. The van der Waals surface area contributed by atoms with Crippen molar-refractivity contribution in [3.63, 3.8) is 0 Å². The highest BCUT2D eigenvalue weighted by Gasteiger charge is 2.08. The van der Waals surface area contributed by atoms with E-state index in [4.69, 9.17) is 9.47 Å². The molecule has 0 radical (unpaired) electrons. The molecule has 1 rings (SSSR count). The van der Waals surface area contributed by atoms with Crippen molar-refractivity contribution >= 4 is 5.78 Å². The van der Waals surface area contributed by atoms with Crippen LogP contribution in [0.1, 0.15) is 22.8 Å². The average molecular weight is 222 g/mol. The van der Waals surface area contributed by atoms with E-state index >= 15 is 0 Å². The highest BCUT2D eigenvalue weighted by atomic mass is 16.5. The molecule has 0 saturated heterocycles. The summed E-state index contributed by atoms with van der Waals surface area (Å²) in [6.07, 6.45) is -0.0567. The topological polar surface area (TPSA) is 35.5 Å². The molecule has 1 unspecified atom stereocenters. The van der Waals surface area contributed by atoms with Crippen LogP contribution in [-0.2, 0) is 9.47 Å². The average Bonchev–Trinajstić information content (AvgIpc) is 2.26. The fraction of sp³-hybridized carbons (Fsp3) is 0.462. The van der Waals surface area contributed by atoms with Crippen LogP contribution in [0.25, 0.3) is 0 Å². The molecule has 3 heteroatoms. The SMILES string of the molecule is COCC(C)OCC(=O)c1cccc(C)c1. The highest BCUT2D eigenvalue weighted by Crippen LogP contribution is 2.05. The van der Waals surface area contributed by atoms with E-state index in [1.54, 1.807) is 13.2 Å². The van der Waals surface area contributed by atoms with E-state index < -0.39 is 0 Å². The van der Waals surface area contributed by atoms with Gasteiger partial charge in [-0.05, 0) is 19.9 Å². The fourth-order valence-electron chi connectivity index (χ4n) is 1.40. The van der Waals surface area contributed by atoms with Crippen LogP contribution in [0.5, 0.6) is 0 Å². The third kappa shape index (κ3) is 4.13. The highest BCUT2D eigenvalue weighted by molar-refractivity contribution is 5.97. The summed E-state index contributed by atoms with van der Waals surface area (Å²) in [5.41, 5.74) is 1.78. The molecule has 1 aromatic rings. The van der Waals surface area contributed by atoms with Crippen LogP contribution < -0.4 is 0 Å². The van der Waals surface area contributed by atoms with Gasteiger partial charge in [0, 0.05) is 12.7 Å². The van der Waals surface area contributed by atoms with Crippen LogP contribution >= 0.6 is 0 Å². The van der Waals surface area contributed by atoms with Crippen LogP contribution in [0.3, 0.4) is 0 Å². The third-order valence-corrected chi connectivity index (χ3v) is 2.24. The second kappa shape index (κ2) is 6.40. The maximum absolute atomic E-state index is 11.7. The first-order valence-corrected chi connectivity index (χ1v) is 5.34. The van der Waals surface area contributed by atoms with Crippen molar-refractivity contribution < 1.29 is 14.3 Å². The molecule has 0 aliphatic rings. The Hall–Kier alpha value is -1.19. The van der Waals surface area contributed by atoms with Crippen LogP contribution in [0, 0.1) is 6.92 Å². The van der Waals surface area contributed by atoms with E-state index in [0.717, 1.165) is 5.56 Å². The van der Waals surface area contributed by atoms with Gasteiger partial charge < -0.3 is 9.47 Å². The molecule has 0 fully saturated rings. The lowest BCUT2D eigenvalue weighted by molar-refractivity contribution is 0.0125. The first-order chi connectivity index (χ1) is 7.63. The normalized spacial score (nSPS) is 12.4. The van der Waals surface area contributed by atoms with Crippen molar-refractivity contribution in [3.8, 4) is 0 Å². The predicted octanol–water partition coefficient (Wildman–Crippen LogP) is 2.23. The van der Waals surface area contributed by atoms with E-state index in [1.807, 2.05) is 32.0 Å². The van der Waals surface area contributed by atoms with Gasteiger partial charge in [-0.2, -0.15) is 0 Å². The van der Waals surface area contributed by atoms with Gasteiger partial charge in [0.25, 0.3) is 0 Å². The second-order valence-corrected chi connectivity index (χ2v) is 3.87. The van der Waals surface area contributed by atoms with Gasteiger partial charge >= 0.3 is 0 Å². The summed E-state index contributed by atoms with van der Waals surface area (Å²) in [6, 6.07) is 7.51. The molecule has 0 aliphatic heterocycles. The molecule has 16 heavy (non-hydrogen) atoms. The zero-order valence-electron chi connectivity index (χ0n) is 10.0. The van der Waals surface area contributed by atoms with E-state index in [0.29, 0.717) is 12.2 Å². The molecule has 0 spiro atoms. The third-order valence-electron chi connectivity index (χ3n) is 2.24. The van der Waals surface area contributed by atoms with Gasteiger partial charge in [-0.3, -0.25) is 4.79 Å². The molecule has 88 valence electrons. The maximum atomic E-state index is 11.7. The number of rotatable bonds is 6. The Balaban J connectivity index is 2.47. The molecule has 0 heterocycles. The van der Waals surface area contributed by atoms with Crippen molar-refractivity contribution in [2.75, 3.05) is 20.3 Å². The van der Waals surface area contributed by atoms with Crippen molar-refractivity contribution in [2.24, 2.45) is 0 Å². The first-order valence-electron chi connectivity index (χ1n) is 5.34. The summed E-state index contributed by atoms with van der Waals surface area (Å²) in [6.45, 7) is 4.45. The summed E-state index contributed by atoms with van der Waals surface area (Å²) in [7, 11) is 1.61. The van der Waals surface area contributed by atoms with Gasteiger partial charge in [0.2, 0.25) is 0 Å². The Labute approximate surface area is 96.4 Å². The summed E-state index contributed by atoms with van der Waals surface area (Å²) in [5.74, 6) is 0.00616. The summed E-state index contributed by atoms with van der Waals surface area (Å²) < 4.78 is 10.3. The molecular formula is C13H18O3. The summed E-state index contributed by atoms with van der Waals surface area (Å²) >= 11 is 0. The molecule has 3 nitrogen and oxygen atoms in total. The number of aryl methyl sites for hydroxylation is 1. The van der Waals surface area contributed by atoms with Crippen LogP contribution in [0.2, 0.25) is 0 Å². The van der Waals surface area contributed by atoms with E-state index in [1.165, 1.54) is 0 Å². The molecule has 0 N–H and O–H groups in total. The number of hydrogen-bond donors (Lipinski definition) is 0. The predicted molar refractivity (Wildman–Crippen MR) is 62.8 cm³/mol. The lowest BCUT2D eigenvalue weighted by atomic mass is 10.1. The Morgan fingerprint density at radius 1 is 1.44 bits per heavy atom. The lowest BCUT2D eigenvalue weighted by Gasteiger charge is -2.11. The zero-order chi connectivity index (χ0) is 12.0. The second-order valence-electron chi connectivity index (χ2n) is 3.87. The molecule has 1 atom stereocenters. The number of ether oxygens (including phenoxy) is 2. The Morgan fingerprint density at radius 3 is 2.81 bits per heavy atom. The molecule has 0 bridgehead atoms. The van der Waals surface area contributed by atoms with Gasteiger partial charge in [0.1, 0.15) is 6.61 Å². The monoisotopic (exact) mass is 222 g/mol. The van der Waals surface area contributed by atoms with Crippen LogP contribution in [-0.4, -0.2) is 32.2 Å². The van der Waals surface area contributed by atoms with E-state index in [2.05, 4.69) is 0 Å². The van der Waals surface area contributed by atoms with Gasteiger partial charge in [-0.25, -0.2) is 0 Å². The van der Waals surface area contributed by atoms with Gasteiger partial charge in [0.15, 0.2) is 5.78 Å². The standard InChI is InChI=1S/C13H18O3/c1-10-5-4-6-12(7-10)13(14)9-16-11(2)8-15-3/h4-7,11H,8-9H2,1-3H3. The van der Waals surface area contributed by atoms with Crippen LogP contribution in [0.4, 0.5) is 0 Å². The smallest absolute Gasteiger partial charge is 0.188 e. The number of hydrogen-bond acceptors (Lipinski definition) is 3. The maximum Gasteiger partial charge on any atom is 0.188 e. The quantitative estimate of drug-likeness (QED) is 0.692. The van der Waals surface area contributed by atoms with Crippen LogP contribution in [0.15, 0.2) is 24.3 Å². The lowest BCUT2D eigenvalue weighted by Crippen LogP contribution is -2.19. The minimum Gasteiger partial charge on any atom is -0.382 e. The molecule has 0 amide bonds. The van der Waals surface area contributed by atoms with E-state index in [-0.39, 0.29) is 18.5 Å². The first kappa shape index (κ1) is 12.9. The number of benzene rings is 1. The number of Topliss-reactive ketones (excluding diaryl/α,β-unsaturated/α-hetero) is 1. The molecule has 0 saturated carbocycles. The molecular weight excluding hydrogens is 204 g/mol. The number of carbonyl (C=O) groups is 1. The largest absolute Gasteiger partial charge is 0.382 e. The van der Waals surface area contributed by atoms with Crippen molar-refractivity contribution in [1.82, 2.24) is 0 Å². The Bertz CT molecular complexity index is 347. The van der Waals surface area contributed by atoms with Gasteiger partial charge in [-0.1, -0.05) is 23.8 Å². The van der Waals surface area contributed by atoms with Crippen molar-refractivity contribution in [1.29, 1.82) is 0 Å². The fourth-order valence-corrected chi connectivity index (χ4v) is 1.40.